The second kappa shape index (κ2) is 7.00. The summed E-state index contributed by atoms with van der Waals surface area (Å²) in [4.78, 5) is 18.0. The van der Waals surface area contributed by atoms with Gasteiger partial charge in [0.15, 0.2) is 0 Å². The molecule has 1 aromatic rings. The van der Waals surface area contributed by atoms with Gasteiger partial charge in [0.05, 0.1) is 11.3 Å². The van der Waals surface area contributed by atoms with Gasteiger partial charge in [0, 0.05) is 38.6 Å². The second-order valence-corrected chi connectivity index (χ2v) is 7.19. The highest BCUT2D eigenvalue weighted by Crippen LogP contribution is 2.12. The Hall–Kier alpha value is -1.47. The third-order valence-electron chi connectivity index (χ3n) is 3.51. The van der Waals surface area contributed by atoms with Crippen molar-refractivity contribution in [2.45, 2.75) is 19.8 Å². The molecule has 0 spiro atoms. The molecule has 0 N–H and O–H groups in total. The molecule has 0 atom stereocenters. The van der Waals surface area contributed by atoms with Crippen LogP contribution < -0.4 is 0 Å². The van der Waals surface area contributed by atoms with Crippen LogP contribution in [0, 0.1) is 0 Å². The first kappa shape index (κ1) is 15.9. The number of hydrogen-bond donors (Lipinski definition) is 0. The molecule has 116 valence electrons. The van der Waals surface area contributed by atoms with Gasteiger partial charge in [-0.05, 0) is 25.0 Å². The predicted octanol–water partition coefficient (Wildman–Crippen LogP) is 0.969. The molecule has 0 bridgehead atoms. The summed E-state index contributed by atoms with van der Waals surface area (Å²) in [6, 6.07) is 3.45. The first-order valence-electron chi connectivity index (χ1n) is 7.21. The minimum Gasteiger partial charge on any atom is -0.337 e. The standard InChI is InChI=1S/C14H21N3O3S/c1-2-11-21(19,20)17-8-4-7-16(9-10-17)14(18)13-5-3-6-15-12-13/h3,5-6,12H,2,4,7-11H2,1H3. The maximum Gasteiger partial charge on any atom is 0.255 e. The van der Waals surface area contributed by atoms with Crippen LogP contribution in [0.2, 0.25) is 0 Å². The van der Waals surface area contributed by atoms with Gasteiger partial charge in [-0.3, -0.25) is 9.78 Å². The summed E-state index contributed by atoms with van der Waals surface area (Å²) >= 11 is 0. The van der Waals surface area contributed by atoms with Gasteiger partial charge in [0.25, 0.3) is 5.91 Å². The van der Waals surface area contributed by atoms with E-state index in [-0.39, 0.29) is 11.7 Å². The van der Waals surface area contributed by atoms with Gasteiger partial charge in [-0.2, -0.15) is 0 Å². The monoisotopic (exact) mass is 311 g/mol. The summed E-state index contributed by atoms with van der Waals surface area (Å²) in [6.07, 6.45) is 4.43. The highest BCUT2D eigenvalue weighted by Gasteiger charge is 2.26. The molecule has 21 heavy (non-hydrogen) atoms. The normalized spacial score (nSPS) is 17.5. The van der Waals surface area contributed by atoms with Crippen molar-refractivity contribution in [3.05, 3.63) is 30.1 Å². The summed E-state index contributed by atoms with van der Waals surface area (Å²) in [6.45, 7) is 3.71. The number of nitrogens with zero attached hydrogens (tertiary/aromatic N) is 3. The van der Waals surface area contributed by atoms with Gasteiger partial charge in [-0.1, -0.05) is 6.92 Å². The van der Waals surface area contributed by atoms with Gasteiger partial charge < -0.3 is 4.90 Å². The molecule has 0 aliphatic carbocycles. The maximum absolute atomic E-state index is 12.4. The molecular formula is C14H21N3O3S. The molecule has 1 amide bonds. The van der Waals surface area contributed by atoms with Crippen molar-refractivity contribution in [1.29, 1.82) is 0 Å². The Balaban J connectivity index is 2.03. The third kappa shape index (κ3) is 4.01. The molecule has 0 radical (unpaired) electrons. The Morgan fingerprint density at radius 1 is 1.29 bits per heavy atom. The smallest absolute Gasteiger partial charge is 0.255 e. The molecule has 1 aromatic heterocycles. The number of aromatic nitrogens is 1. The number of amides is 1. The number of hydrogen-bond acceptors (Lipinski definition) is 4. The summed E-state index contributed by atoms with van der Waals surface area (Å²) in [5, 5.41) is 0. The second-order valence-electron chi connectivity index (χ2n) is 5.10. The fraction of sp³-hybridized carbons (Fsp3) is 0.571. The lowest BCUT2D eigenvalue weighted by molar-refractivity contribution is 0.0764. The van der Waals surface area contributed by atoms with E-state index in [2.05, 4.69) is 4.98 Å². The maximum atomic E-state index is 12.4. The van der Waals surface area contributed by atoms with Gasteiger partial charge in [0.1, 0.15) is 0 Å². The van der Waals surface area contributed by atoms with Crippen LogP contribution in [-0.4, -0.2) is 60.4 Å². The molecule has 1 saturated heterocycles. The lowest BCUT2D eigenvalue weighted by atomic mass is 10.2. The van der Waals surface area contributed by atoms with E-state index in [1.54, 1.807) is 29.4 Å². The minimum absolute atomic E-state index is 0.0853. The summed E-state index contributed by atoms with van der Waals surface area (Å²) in [5.74, 6) is 0.0849. The highest BCUT2D eigenvalue weighted by atomic mass is 32.2. The summed E-state index contributed by atoms with van der Waals surface area (Å²) in [5.41, 5.74) is 0.544. The average Bonchev–Trinajstić information content (AvgIpc) is 2.74. The number of carbonyl (C=O) groups is 1. The van der Waals surface area contributed by atoms with E-state index in [0.717, 1.165) is 0 Å². The molecule has 2 heterocycles. The van der Waals surface area contributed by atoms with Crippen molar-refractivity contribution < 1.29 is 13.2 Å². The summed E-state index contributed by atoms with van der Waals surface area (Å²) in [7, 11) is -3.19. The van der Waals surface area contributed by atoms with Gasteiger partial charge in [-0.25, -0.2) is 12.7 Å². The van der Waals surface area contributed by atoms with E-state index >= 15 is 0 Å². The highest BCUT2D eigenvalue weighted by molar-refractivity contribution is 7.89. The number of carbonyl (C=O) groups excluding carboxylic acids is 1. The molecule has 0 unspecified atom stereocenters. The SMILES string of the molecule is CCCS(=O)(=O)N1CCCN(C(=O)c2cccnc2)CC1. The van der Waals surface area contributed by atoms with Crippen molar-refractivity contribution in [3.8, 4) is 0 Å². The zero-order valence-electron chi connectivity index (χ0n) is 12.2. The Morgan fingerprint density at radius 3 is 2.76 bits per heavy atom. The van der Waals surface area contributed by atoms with E-state index in [1.165, 1.54) is 4.31 Å². The fourth-order valence-corrected chi connectivity index (χ4v) is 3.98. The molecule has 0 saturated carbocycles. The van der Waals surface area contributed by atoms with Crippen molar-refractivity contribution in [2.75, 3.05) is 31.9 Å². The van der Waals surface area contributed by atoms with Crippen LogP contribution in [0.4, 0.5) is 0 Å². The van der Waals surface area contributed by atoms with Crippen LogP contribution in [-0.2, 0) is 10.0 Å². The van der Waals surface area contributed by atoms with Gasteiger partial charge in [-0.15, -0.1) is 0 Å². The van der Waals surface area contributed by atoms with Crippen molar-refractivity contribution in [3.63, 3.8) is 0 Å². The average molecular weight is 311 g/mol. The van der Waals surface area contributed by atoms with Crippen molar-refractivity contribution in [2.24, 2.45) is 0 Å². The van der Waals surface area contributed by atoms with Crippen molar-refractivity contribution in [1.82, 2.24) is 14.2 Å². The van der Waals surface area contributed by atoms with E-state index in [4.69, 9.17) is 0 Å². The molecule has 0 aromatic carbocycles. The Kier molecular flexibility index (Phi) is 5.30. The van der Waals surface area contributed by atoms with E-state index in [9.17, 15) is 13.2 Å². The lowest BCUT2D eigenvalue weighted by Gasteiger charge is -2.21. The minimum atomic E-state index is -3.19. The fourth-order valence-electron chi connectivity index (χ4n) is 2.43. The quantitative estimate of drug-likeness (QED) is 0.831. The zero-order valence-corrected chi connectivity index (χ0v) is 13.1. The molecule has 1 aliphatic rings. The predicted molar refractivity (Wildman–Crippen MR) is 80.4 cm³/mol. The largest absolute Gasteiger partial charge is 0.337 e. The number of pyridine rings is 1. The van der Waals surface area contributed by atoms with E-state index in [0.29, 0.717) is 44.6 Å². The van der Waals surface area contributed by atoms with Gasteiger partial charge >= 0.3 is 0 Å². The van der Waals surface area contributed by atoms with Gasteiger partial charge in [0.2, 0.25) is 10.0 Å². The molecule has 6 nitrogen and oxygen atoms in total. The molecule has 1 fully saturated rings. The number of sulfonamides is 1. The van der Waals surface area contributed by atoms with Crippen LogP contribution >= 0.6 is 0 Å². The van der Waals surface area contributed by atoms with E-state index in [1.807, 2.05) is 6.92 Å². The Labute approximate surface area is 125 Å². The third-order valence-corrected chi connectivity index (χ3v) is 5.58. The summed E-state index contributed by atoms with van der Waals surface area (Å²) < 4.78 is 25.7. The Morgan fingerprint density at radius 2 is 2.10 bits per heavy atom. The van der Waals surface area contributed by atoms with Crippen LogP contribution in [0.25, 0.3) is 0 Å². The lowest BCUT2D eigenvalue weighted by Crippen LogP contribution is -2.38. The van der Waals surface area contributed by atoms with Crippen LogP contribution in [0.3, 0.4) is 0 Å². The van der Waals surface area contributed by atoms with E-state index < -0.39 is 10.0 Å². The molecule has 1 aliphatic heterocycles. The van der Waals surface area contributed by atoms with Crippen LogP contribution in [0.1, 0.15) is 30.1 Å². The molecule has 7 heteroatoms. The molecule has 2 rings (SSSR count). The zero-order chi connectivity index (χ0) is 15.3. The van der Waals surface area contributed by atoms with Crippen LogP contribution in [0.15, 0.2) is 24.5 Å². The Bertz CT molecular complexity index is 574. The van der Waals surface area contributed by atoms with Crippen LogP contribution in [0.5, 0.6) is 0 Å². The first-order chi connectivity index (χ1) is 10.0. The van der Waals surface area contributed by atoms with Crippen molar-refractivity contribution >= 4 is 15.9 Å². The number of rotatable bonds is 4. The molecular weight excluding hydrogens is 290 g/mol. The first-order valence-corrected chi connectivity index (χ1v) is 8.82. The topological polar surface area (TPSA) is 70.6 Å².